The maximum absolute atomic E-state index is 12.1. The maximum Gasteiger partial charge on any atom is 0.243 e. The Labute approximate surface area is 158 Å². The molecule has 5 nitrogen and oxygen atoms in total. The first-order valence-corrected chi connectivity index (χ1v) is 8.54. The second-order valence-electron chi connectivity index (χ2n) is 5.86. The summed E-state index contributed by atoms with van der Waals surface area (Å²) >= 11 is 0. The molecule has 134 valence electrons. The van der Waals surface area contributed by atoms with Crippen molar-refractivity contribution in [3.8, 4) is 11.8 Å². The molecule has 0 heterocycles. The van der Waals surface area contributed by atoms with E-state index < -0.39 is 0 Å². The van der Waals surface area contributed by atoms with Crippen LogP contribution < -0.4 is 15.4 Å². The van der Waals surface area contributed by atoms with E-state index in [-0.39, 0.29) is 12.5 Å². The van der Waals surface area contributed by atoms with Gasteiger partial charge >= 0.3 is 0 Å². The van der Waals surface area contributed by atoms with E-state index in [9.17, 15) is 4.79 Å². The van der Waals surface area contributed by atoms with Crippen LogP contribution in [0.15, 0.2) is 78.9 Å². The molecule has 0 unspecified atom stereocenters. The molecule has 0 spiro atoms. The summed E-state index contributed by atoms with van der Waals surface area (Å²) in [7, 11) is 0. The van der Waals surface area contributed by atoms with Gasteiger partial charge in [-0.2, -0.15) is 5.26 Å². The van der Waals surface area contributed by atoms with E-state index >= 15 is 0 Å². The zero-order valence-electron chi connectivity index (χ0n) is 14.7. The molecule has 0 bridgehead atoms. The minimum Gasteiger partial charge on any atom is -0.489 e. The van der Waals surface area contributed by atoms with Crippen LogP contribution in [0, 0.1) is 11.3 Å². The Balaban J connectivity index is 1.48. The third-order valence-electron chi connectivity index (χ3n) is 3.88. The Morgan fingerprint density at radius 3 is 2.37 bits per heavy atom. The van der Waals surface area contributed by atoms with Crippen molar-refractivity contribution in [2.75, 3.05) is 17.2 Å². The topological polar surface area (TPSA) is 74.2 Å². The minimum atomic E-state index is -0.220. The number of hydrogen-bond donors (Lipinski definition) is 2. The monoisotopic (exact) mass is 357 g/mol. The molecule has 3 aromatic carbocycles. The Hall–Kier alpha value is -3.78. The molecule has 3 rings (SSSR count). The predicted octanol–water partition coefficient (Wildman–Crippen LogP) is 4.19. The second-order valence-corrected chi connectivity index (χ2v) is 5.86. The summed E-state index contributed by atoms with van der Waals surface area (Å²) in [5.41, 5.74) is 2.86. The molecule has 27 heavy (non-hydrogen) atoms. The fourth-order valence-electron chi connectivity index (χ4n) is 2.48. The average Bonchev–Trinajstić information content (AvgIpc) is 2.72. The predicted molar refractivity (Wildman–Crippen MR) is 105 cm³/mol. The van der Waals surface area contributed by atoms with E-state index in [1.165, 1.54) is 0 Å². The van der Waals surface area contributed by atoms with Gasteiger partial charge in [0.25, 0.3) is 0 Å². The van der Waals surface area contributed by atoms with Gasteiger partial charge in [0.15, 0.2) is 0 Å². The number of benzene rings is 3. The minimum absolute atomic E-state index is 0.101. The smallest absolute Gasteiger partial charge is 0.243 e. The second kappa shape index (κ2) is 9.07. The summed E-state index contributed by atoms with van der Waals surface area (Å²) in [4.78, 5) is 12.1. The Morgan fingerprint density at radius 1 is 0.926 bits per heavy atom. The number of hydrogen-bond acceptors (Lipinski definition) is 4. The molecule has 0 atom stereocenters. The molecule has 5 heteroatoms. The number of para-hydroxylation sites is 1. The molecule has 0 aliphatic heterocycles. The lowest BCUT2D eigenvalue weighted by molar-refractivity contribution is -0.114. The molecule has 0 aliphatic carbocycles. The van der Waals surface area contributed by atoms with Crippen LogP contribution in [-0.4, -0.2) is 12.5 Å². The van der Waals surface area contributed by atoms with Crippen molar-refractivity contribution in [3.05, 3.63) is 90.0 Å². The van der Waals surface area contributed by atoms with E-state index in [2.05, 4.69) is 16.7 Å². The van der Waals surface area contributed by atoms with Gasteiger partial charge < -0.3 is 15.4 Å². The van der Waals surface area contributed by atoms with Crippen molar-refractivity contribution < 1.29 is 9.53 Å². The third-order valence-corrected chi connectivity index (χ3v) is 3.88. The normalized spacial score (nSPS) is 9.89. The van der Waals surface area contributed by atoms with Crippen molar-refractivity contribution in [2.45, 2.75) is 6.61 Å². The fraction of sp³-hybridized carbons (Fsp3) is 0.0909. The number of rotatable bonds is 7. The van der Waals surface area contributed by atoms with Gasteiger partial charge in [-0.1, -0.05) is 42.5 Å². The van der Waals surface area contributed by atoms with Crippen molar-refractivity contribution in [2.24, 2.45) is 0 Å². The fourth-order valence-corrected chi connectivity index (χ4v) is 2.48. The average molecular weight is 357 g/mol. The number of carbonyl (C=O) groups excluding carboxylic acids is 1. The number of carbonyl (C=O) groups is 1. The van der Waals surface area contributed by atoms with Crippen molar-refractivity contribution in [1.29, 1.82) is 5.26 Å². The molecule has 0 radical (unpaired) electrons. The standard InChI is InChI=1S/C22H19N3O2/c23-14-18-8-4-5-9-21(18)25-22(26)15-24-19-10-12-20(13-11-19)27-16-17-6-2-1-3-7-17/h1-13,24H,15-16H2,(H,25,26). The zero-order chi connectivity index (χ0) is 18.9. The van der Waals surface area contributed by atoms with E-state index in [1.807, 2.05) is 54.6 Å². The van der Waals surface area contributed by atoms with Gasteiger partial charge in [-0.25, -0.2) is 0 Å². The van der Waals surface area contributed by atoms with Gasteiger partial charge in [-0.05, 0) is 42.0 Å². The summed E-state index contributed by atoms with van der Waals surface area (Å²) in [5.74, 6) is 0.541. The molecular weight excluding hydrogens is 338 g/mol. The van der Waals surface area contributed by atoms with Gasteiger partial charge in [0.2, 0.25) is 5.91 Å². The molecule has 2 N–H and O–H groups in total. The molecule has 0 aromatic heterocycles. The van der Waals surface area contributed by atoms with E-state index in [0.29, 0.717) is 17.9 Å². The summed E-state index contributed by atoms with van der Waals surface area (Å²) in [6.45, 7) is 0.609. The lowest BCUT2D eigenvalue weighted by atomic mass is 10.2. The Bertz CT molecular complexity index is 932. The first kappa shape index (κ1) is 18.0. The molecular formula is C22H19N3O2. The number of amides is 1. The molecule has 1 amide bonds. The first-order chi connectivity index (χ1) is 13.2. The summed E-state index contributed by atoms with van der Waals surface area (Å²) in [6, 6.07) is 26.3. The molecule has 0 saturated carbocycles. The molecule has 0 fully saturated rings. The van der Waals surface area contributed by atoms with Crippen molar-refractivity contribution in [1.82, 2.24) is 0 Å². The van der Waals surface area contributed by atoms with Crippen LogP contribution in [0.5, 0.6) is 5.75 Å². The number of anilines is 2. The highest BCUT2D eigenvalue weighted by atomic mass is 16.5. The number of ether oxygens (including phenoxy) is 1. The van der Waals surface area contributed by atoms with Gasteiger partial charge in [0.1, 0.15) is 18.4 Å². The van der Waals surface area contributed by atoms with Crippen LogP contribution in [-0.2, 0) is 11.4 Å². The highest BCUT2D eigenvalue weighted by molar-refractivity contribution is 5.94. The van der Waals surface area contributed by atoms with Gasteiger partial charge in [-0.15, -0.1) is 0 Å². The van der Waals surface area contributed by atoms with Gasteiger partial charge in [0, 0.05) is 5.69 Å². The van der Waals surface area contributed by atoms with E-state index in [1.54, 1.807) is 24.3 Å². The third kappa shape index (κ3) is 5.35. The van der Waals surface area contributed by atoms with Crippen LogP contribution in [0.2, 0.25) is 0 Å². The van der Waals surface area contributed by atoms with Crippen LogP contribution in [0.3, 0.4) is 0 Å². The molecule has 0 aliphatic rings. The van der Waals surface area contributed by atoms with Crippen LogP contribution in [0.25, 0.3) is 0 Å². The van der Waals surface area contributed by atoms with Crippen LogP contribution in [0.1, 0.15) is 11.1 Å². The van der Waals surface area contributed by atoms with Gasteiger partial charge in [0.05, 0.1) is 17.8 Å². The lowest BCUT2D eigenvalue weighted by Crippen LogP contribution is -2.22. The van der Waals surface area contributed by atoms with E-state index in [4.69, 9.17) is 10.00 Å². The lowest BCUT2D eigenvalue weighted by Gasteiger charge is -2.10. The van der Waals surface area contributed by atoms with E-state index in [0.717, 1.165) is 17.0 Å². The quantitative estimate of drug-likeness (QED) is 0.665. The van der Waals surface area contributed by atoms with Crippen LogP contribution >= 0.6 is 0 Å². The number of nitrogens with one attached hydrogen (secondary N) is 2. The maximum atomic E-state index is 12.1. The summed E-state index contributed by atoms with van der Waals surface area (Å²) in [6.07, 6.45) is 0. The Morgan fingerprint density at radius 2 is 1.63 bits per heavy atom. The zero-order valence-corrected chi connectivity index (χ0v) is 14.7. The van der Waals surface area contributed by atoms with Gasteiger partial charge in [-0.3, -0.25) is 4.79 Å². The highest BCUT2D eigenvalue weighted by Crippen LogP contribution is 2.17. The van der Waals surface area contributed by atoms with Crippen molar-refractivity contribution in [3.63, 3.8) is 0 Å². The Kier molecular flexibility index (Phi) is 6.05. The summed E-state index contributed by atoms with van der Waals surface area (Å²) in [5, 5.41) is 14.8. The SMILES string of the molecule is N#Cc1ccccc1NC(=O)CNc1ccc(OCc2ccccc2)cc1. The van der Waals surface area contributed by atoms with Crippen LogP contribution in [0.4, 0.5) is 11.4 Å². The molecule has 0 saturated heterocycles. The number of nitrogens with zero attached hydrogens (tertiary/aromatic N) is 1. The summed E-state index contributed by atoms with van der Waals surface area (Å²) < 4.78 is 5.74. The van der Waals surface area contributed by atoms with Crippen molar-refractivity contribution >= 4 is 17.3 Å². The largest absolute Gasteiger partial charge is 0.489 e. The molecule has 3 aromatic rings. The number of nitriles is 1. The highest BCUT2D eigenvalue weighted by Gasteiger charge is 2.06. The first-order valence-electron chi connectivity index (χ1n) is 8.54.